The van der Waals surface area contributed by atoms with Crippen molar-refractivity contribution < 1.29 is 17.5 Å². The summed E-state index contributed by atoms with van der Waals surface area (Å²) in [7, 11) is -3.10. The van der Waals surface area contributed by atoms with Crippen LogP contribution in [0.15, 0.2) is 29.3 Å². The predicted octanol–water partition coefficient (Wildman–Crippen LogP) is 1.68. The van der Waals surface area contributed by atoms with Crippen molar-refractivity contribution in [1.82, 2.24) is 10.2 Å². The lowest BCUT2D eigenvalue weighted by atomic mass is 10.2. The normalized spacial score (nSPS) is 19.5. The zero-order valence-corrected chi connectivity index (χ0v) is 15.8. The van der Waals surface area contributed by atoms with Crippen molar-refractivity contribution in [3.05, 3.63) is 30.1 Å². The van der Waals surface area contributed by atoms with Gasteiger partial charge in [-0.15, -0.1) is 0 Å². The first-order chi connectivity index (χ1) is 11.8. The minimum atomic E-state index is -3.10. The molecule has 0 atom stereocenters. The Balaban J connectivity index is 1.98. The third-order valence-corrected chi connectivity index (χ3v) is 6.66. The molecular formula is C17H26FN3O3S. The Hall–Kier alpha value is -1.83. The maximum absolute atomic E-state index is 13.5. The molecule has 0 unspecified atom stereocenters. The Labute approximate surface area is 149 Å². The number of hydrogen-bond acceptors (Lipinski definition) is 4. The molecule has 1 fully saturated rings. The Morgan fingerprint density at radius 2 is 2.12 bits per heavy atom. The van der Waals surface area contributed by atoms with Gasteiger partial charge >= 0.3 is 0 Å². The molecule has 1 saturated heterocycles. The summed E-state index contributed by atoms with van der Waals surface area (Å²) in [5.74, 6) is 0.563. The largest absolute Gasteiger partial charge is 0.489 e. The SMILES string of the molecule is CCNC(=NCCOc1ccccc1F)N1CCS(=O)(=O)C(C)(C)C1. The second-order valence-corrected chi connectivity index (χ2v) is 9.26. The maximum Gasteiger partial charge on any atom is 0.194 e. The van der Waals surface area contributed by atoms with Gasteiger partial charge in [0.1, 0.15) is 6.61 Å². The standard InChI is InChI=1S/C17H26FN3O3S/c1-4-19-16(21-10-12-25(22,23)17(2,3)13-21)20-9-11-24-15-8-6-5-7-14(15)18/h5-8H,4,9-13H2,1-3H3,(H,19,20). The molecule has 0 radical (unpaired) electrons. The van der Waals surface area contributed by atoms with E-state index in [4.69, 9.17) is 4.74 Å². The van der Waals surface area contributed by atoms with E-state index in [1.165, 1.54) is 6.07 Å². The monoisotopic (exact) mass is 371 g/mol. The van der Waals surface area contributed by atoms with Gasteiger partial charge in [-0.05, 0) is 32.9 Å². The molecule has 8 heteroatoms. The Morgan fingerprint density at radius 1 is 1.40 bits per heavy atom. The van der Waals surface area contributed by atoms with Crippen LogP contribution in [-0.4, -0.2) is 62.6 Å². The van der Waals surface area contributed by atoms with E-state index in [0.717, 1.165) is 0 Å². The van der Waals surface area contributed by atoms with E-state index in [9.17, 15) is 12.8 Å². The highest BCUT2D eigenvalue weighted by molar-refractivity contribution is 7.92. The number of halogens is 1. The van der Waals surface area contributed by atoms with Gasteiger partial charge in [0.25, 0.3) is 0 Å². The summed E-state index contributed by atoms with van der Waals surface area (Å²) in [5, 5.41) is 3.18. The summed E-state index contributed by atoms with van der Waals surface area (Å²) >= 11 is 0. The van der Waals surface area contributed by atoms with Crippen molar-refractivity contribution in [1.29, 1.82) is 0 Å². The zero-order chi connectivity index (χ0) is 18.5. The number of sulfone groups is 1. The van der Waals surface area contributed by atoms with Crippen LogP contribution in [0.5, 0.6) is 5.75 Å². The molecule has 2 rings (SSSR count). The maximum atomic E-state index is 13.5. The minimum absolute atomic E-state index is 0.107. The van der Waals surface area contributed by atoms with E-state index in [0.29, 0.717) is 32.1 Å². The van der Waals surface area contributed by atoms with Crippen molar-refractivity contribution in [3.63, 3.8) is 0 Å². The van der Waals surface area contributed by atoms with Gasteiger partial charge in [-0.3, -0.25) is 0 Å². The fourth-order valence-electron chi connectivity index (χ4n) is 2.62. The summed E-state index contributed by atoms with van der Waals surface area (Å²) in [6, 6.07) is 6.24. The van der Waals surface area contributed by atoms with Crippen LogP contribution in [0, 0.1) is 5.82 Å². The number of rotatable bonds is 5. The lowest BCUT2D eigenvalue weighted by molar-refractivity contribution is 0.308. The summed E-state index contributed by atoms with van der Waals surface area (Å²) in [4.78, 5) is 6.44. The summed E-state index contributed by atoms with van der Waals surface area (Å²) < 4.78 is 42.4. The fourth-order valence-corrected chi connectivity index (χ4v) is 3.99. The molecule has 1 aliphatic heterocycles. The van der Waals surface area contributed by atoms with Crippen molar-refractivity contribution in [3.8, 4) is 5.75 Å². The molecule has 1 heterocycles. The van der Waals surface area contributed by atoms with Gasteiger partial charge in [-0.1, -0.05) is 12.1 Å². The number of hydrogen-bond donors (Lipinski definition) is 1. The van der Waals surface area contributed by atoms with Crippen LogP contribution in [0.2, 0.25) is 0 Å². The van der Waals surface area contributed by atoms with Gasteiger partial charge in [0.2, 0.25) is 0 Å². The number of nitrogens with zero attached hydrogens (tertiary/aromatic N) is 2. The van der Waals surface area contributed by atoms with Crippen molar-refractivity contribution in [2.45, 2.75) is 25.5 Å². The van der Waals surface area contributed by atoms with Crippen LogP contribution in [0.25, 0.3) is 0 Å². The van der Waals surface area contributed by atoms with Gasteiger partial charge < -0.3 is 15.0 Å². The van der Waals surface area contributed by atoms with E-state index in [1.807, 2.05) is 11.8 Å². The minimum Gasteiger partial charge on any atom is -0.489 e. The van der Waals surface area contributed by atoms with Gasteiger partial charge in [0.15, 0.2) is 27.4 Å². The molecule has 0 spiro atoms. The van der Waals surface area contributed by atoms with Gasteiger partial charge in [0.05, 0.1) is 17.0 Å². The van der Waals surface area contributed by atoms with Gasteiger partial charge in [-0.2, -0.15) is 0 Å². The number of guanidine groups is 1. The Morgan fingerprint density at radius 3 is 2.76 bits per heavy atom. The predicted molar refractivity (Wildman–Crippen MR) is 97.3 cm³/mol. The van der Waals surface area contributed by atoms with E-state index in [-0.39, 0.29) is 18.1 Å². The molecule has 6 nitrogen and oxygen atoms in total. The number of benzene rings is 1. The molecular weight excluding hydrogens is 345 g/mol. The molecule has 0 amide bonds. The summed E-state index contributed by atoms with van der Waals surface area (Å²) in [5.41, 5.74) is 0. The number of ether oxygens (including phenoxy) is 1. The first kappa shape index (κ1) is 19.5. The quantitative estimate of drug-likeness (QED) is 0.484. The number of para-hydroxylation sites is 1. The topological polar surface area (TPSA) is 71.0 Å². The highest BCUT2D eigenvalue weighted by Crippen LogP contribution is 2.23. The van der Waals surface area contributed by atoms with E-state index >= 15 is 0 Å². The Bertz CT molecular complexity index is 720. The lowest BCUT2D eigenvalue weighted by Crippen LogP contribution is -2.57. The first-order valence-electron chi connectivity index (χ1n) is 8.40. The van der Waals surface area contributed by atoms with Crippen LogP contribution in [0.4, 0.5) is 4.39 Å². The molecule has 140 valence electrons. The summed E-state index contributed by atoms with van der Waals surface area (Å²) in [6.45, 7) is 7.49. The molecule has 1 aromatic rings. The molecule has 0 aromatic heterocycles. The van der Waals surface area contributed by atoms with Crippen molar-refractivity contribution >= 4 is 15.8 Å². The number of aliphatic imine (C=N–C) groups is 1. The van der Waals surface area contributed by atoms with Crippen LogP contribution >= 0.6 is 0 Å². The lowest BCUT2D eigenvalue weighted by Gasteiger charge is -2.39. The van der Waals surface area contributed by atoms with Crippen LogP contribution in [-0.2, 0) is 9.84 Å². The van der Waals surface area contributed by atoms with Gasteiger partial charge in [0, 0.05) is 19.6 Å². The zero-order valence-electron chi connectivity index (χ0n) is 15.0. The van der Waals surface area contributed by atoms with E-state index < -0.39 is 20.4 Å². The smallest absolute Gasteiger partial charge is 0.194 e. The van der Waals surface area contributed by atoms with Crippen LogP contribution in [0.3, 0.4) is 0 Å². The first-order valence-corrected chi connectivity index (χ1v) is 10.0. The van der Waals surface area contributed by atoms with Crippen molar-refractivity contribution in [2.24, 2.45) is 4.99 Å². The van der Waals surface area contributed by atoms with Crippen LogP contribution in [0.1, 0.15) is 20.8 Å². The second kappa shape index (κ2) is 8.03. The fraction of sp³-hybridized carbons (Fsp3) is 0.588. The highest BCUT2D eigenvalue weighted by atomic mass is 32.2. The Kier molecular flexibility index (Phi) is 6.26. The molecule has 0 aliphatic carbocycles. The molecule has 1 N–H and O–H groups in total. The third kappa shape index (κ3) is 4.84. The molecule has 1 aliphatic rings. The van der Waals surface area contributed by atoms with E-state index in [1.54, 1.807) is 32.0 Å². The average molecular weight is 371 g/mol. The molecule has 0 saturated carbocycles. The van der Waals surface area contributed by atoms with Gasteiger partial charge in [-0.25, -0.2) is 17.8 Å². The molecule has 1 aromatic carbocycles. The van der Waals surface area contributed by atoms with Crippen LogP contribution < -0.4 is 10.1 Å². The molecule has 25 heavy (non-hydrogen) atoms. The number of nitrogens with one attached hydrogen (secondary N) is 1. The average Bonchev–Trinajstić information content (AvgIpc) is 2.54. The molecule has 0 bridgehead atoms. The third-order valence-electron chi connectivity index (χ3n) is 4.12. The highest BCUT2D eigenvalue weighted by Gasteiger charge is 2.40. The van der Waals surface area contributed by atoms with Crippen molar-refractivity contribution in [2.75, 3.05) is 38.5 Å². The summed E-state index contributed by atoms with van der Waals surface area (Å²) in [6.07, 6.45) is 0. The second-order valence-electron chi connectivity index (χ2n) is 6.51. The van der Waals surface area contributed by atoms with E-state index in [2.05, 4.69) is 10.3 Å².